The molecule has 2 unspecified atom stereocenters. The molecule has 0 fully saturated rings. The van der Waals surface area contributed by atoms with Crippen LogP contribution in [0.15, 0.2) is 0 Å². The molecule has 0 aliphatic rings. The Morgan fingerprint density at radius 1 is 0.600 bits per heavy atom. The fourth-order valence-corrected chi connectivity index (χ4v) is 2.00. The number of hydrogen-bond donors (Lipinski definition) is 0. The summed E-state index contributed by atoms with van der Waals surface area (Å²) < 4.78 is 0. The molecule has 0 N–H and O–H groups in total. The molecule has 0 rings (SSSR count). The first-order chi connectivity index (χ1) is 7.13. The van der Waals surface area contributed by atoms with Gasteiger partial charge in [0.2, 0.25) is 0 Å². The Bertz CT molecular complexity index is 114. The van der Waals surface area contributed by atoms with Crippen LogP contribution in [0.5, 0.6) is 0 Å². The van der Waals surface area contributed by atoms with E-state index in [1.54, 1.807) is 0 Å². The average Bonchev–Trinajstić information content (AvgIpc) is 2.28. The Morgan fingerprint density at radius 3 is 1.27 bits per heavy atom. The Kier molecular flexibility index (Phi) is 9.24. The Hall–Kier alpha value is 0. The molecule has 0 saturated carbocycles. The van der Waals surface area contributed by atoms with Crippen molar-refractivity contribution in [2.75, 3.05) is 0 Å². The predicted molar refractivity (Wildman–Crippen MR) is 71.2 cm³/mol. The fraction of sp³-hybridized carbons (Fsp3) is 1.00. The van der Waals surface area contributed by atoms with E-state index in [-0.39, 0.29) is 0 Å². The van der Waals surface area contributed by atoms with Gasteiger partial charge in [-0.1, -0.05) is 79.6 Å². The van der Waals surface area contributed by atoms with Gasteiger partial charge >= 0.3 is 0 Å². The van der Waals surface area contributed by atoms with Crippen LogP contribution in [-0.4, -0.2) is 0 Å². The molecule has 0 aromatic rings. The molecule has 0 bridgehead atoms. The molecule has 0 heteroatoms. The minimum atomic E-state index is 0.933. The van der Waals surface area contributed by atoms with E-state index in [1.165, 1.54) is 44.9 Å². The van der Waals surface area contributed by atoms with Crippen LogP contribution in [0, 0.1) is 17.8 Å². The maximum atomic E-state index is 2.39. The van der Waals surface area contributed by atoms with Crippen molar-refractivity contribution in [2.24, 2.45) is 17.8 Å². The van der Waals surface area contributed by atoms with Crippen molar-refractivity contribution in [2.45, 2.75) is 79.6 Å². The molecule has 0 amide bonds. The van der Waals surface area contributed by atoms with E-state index in [4.69, 9.17) is 0 Å². The minimum absolute atomic E-state index is 0.933. The second kappa shape index (κ2) is 9.24. The Morgan fingerprint density at radius 2 is 1.00 bits per heavy atom. The summed E-state index contributed by atoms with van der Waals surface area (Å²) in [5.41, 5.74) is 0. The topological polar surface area (TPSA) is 0 Å². The van der Waals surface area contributed by atoms with E-state index in [0.29, 0.717) is 0 Å². The van der Waals surface area contributed by atoms with Gasteiger partial charge in [0.15, 0.2) is 0 Å². The number of rotatable bonds is 9. The van der Waals surface area contributed by atoms with Crippen molar-refractivity contribution in [3.8, 4) is 0 Å². The number of hydrogen-bond acceptors (Lipinski definition) is 0. The first kappa shape index (κ1) is 15.0. The zero-order valence-corrected chi connectivity index (χ0v) is 11.7. The third-order valence-electron chi connectivity index (χ3n) is 4.11. The summed E-state index contributed by atoms with van der Waals surface area (Å²) in [7, 11) is 0. The van der Waals surface area contributed by atoms with E-state index >= 15 is 0 Å². The van der Waals surface area contributed by atoms with Gasteiger partial charge in [-0.05, 0) is 17.8 Å². The van der Waals surface area contributed by atoms with Gasteiger partial charge in [0.25, 0.3) is 0 Å². The van der Waals surface area contributed by atoms with Gasteiger partial charge < -0.3 is 0 Å². The van der Waals surface area contributed by atoms with Crippen molar-refractivity contribution in [1.29, 1.82) is 0 Å². The van der Waals surface area contributed by atoms with E-state index < -0.39 is 0 Å². The SMILES string of the molecule is CCC(C)CCC(CC)CCC(C)CC. The highest BCUT2D eigenvalue weighted by Gasteiger charge is 2.10. The van der Waals surface area contributed by atoms with Crippen LogP contribution in [0.1, 0.15) is 79.6 Å². The largest absolute Gasteiger partial charge is 0.0651 e. The van der Waals surface area contributed by atoms with Crippen molar-refractivity contribution in [3.63, 3.8) is 0 Å². The molecular formula is C15H32. The second-order valence-corrected chi connectivity index (χ2v) is 5.46. The van der Waals surface area contributed by atoms with Gasteiger partial charge in [0.05, 0.1) is 0 Å². The summed E-state index contributed by atoms with van der Waals surface area (Å²) in [6, 6.07) is 0. The highest BCUT2D eigenvalue weighted by Crippen LogP contribution is 2.24. The second-order valence-electron chi connectivity index (χ2n) is 5.46. The van der Waals surface area contributed by atoms with Crippen LogP contribution in [0.2, 0.25) is 0 Å². The smallest absolute Gasteiger partial charge is 0.0417 e. The maximum absolute atomic E-state index is 2.39. The summed E-state index contributed by atoms with van der Waals surface area (Å²) in [6.45, 7) is 11.8. The fourth-order valence-electron chi connectivity index (χ4n) is 2.00. The quantitative estimate of drug-likeness (QED) is 0.462. The molecule has 2 atom stereocenters. The summed E-state index contributed by atoms with van der Waals surface area (Å²) in [4.78, 5) is 0. The van der Waals surface area contributed by atoms with Crippen LogP contribution >= 0.6 is 0 Å². The van der Waals surface area contributed by atoms with Gasteiger partial charge in [0, 0.05) is 0 Å². The molecule has 0 nitrogen and oxygen atoms in total. The van der Waals surface area contributed by atoms with Crippen molar-refractivity contribution >= 4 is 0 Å². The minimum Gasteiger partial charge on any atom is -0.0651 e. The lowest BCUT2D eigenvalue weighted by atomic mass is 9.88. The Balaban J connectivity index is 3.63. The van der Waals surface area contributed by atoms with Crippen LogP contribution in [0.3, 0.4) is 0 Å². The molecular weight excluding hydrogens is 180 g/mol. The summed E-state index contributed by atoms with van der Waals surface area (Å²) in [5, 5.41) is 0. The molecule has 0 radical (unpaired) electrons. The molecule has 15 heavy (non-hydrogen) atoms. The van der Waals surface area contributed by atoms with Crippen molar-refractivity contribution in [1.82, 2.24) is 0 Å². The summed E-state index contributed by atoms with van der Waals surface area (Å²) in [5.74, 6) is 2.86. The lowest BCUT2D eigenvalue weighted by molar-refractivity contribution is 0.342. The van der Waals surface area contributed by atoms with Gasteiger partial charge in [0.1, 0.15) is 0 Å². The summed E-state index contributed by atoms with van der Waals surface area (Å²) in [6.07, 6.45) is 9.88. The van der Waals surface area contributed by atoms with E-state index in [0.717, 1.165) is 17.8 Å². The third-order valence-corrected chi connectivity index (χ3v) is 4.11. The molecule has 0 aliphatic carbocycles. The van der Waals surface area contributed by atoms with E-state index in [1.807, 2.05) is 0 Å². The molecule has 0 aromatic carbocycles. The molecule has 92 valence electrons. The van der Waals surface area contributed by atoms with Gasteiger partial charge in [-0.15, -0.1) is 0 Å². The van der Waals surface area contributed by atoms with Crippen LogP contribution in [0.4, 0.5) is 0 Å². The molecule has 0 aromatic heterocycles. The van der Waals surface area contributed by atoms with Crippen molar-refractivity contribution in [3.05, 3.63) is 0 Å². The van der Waals surface area contributed by atoms with Gasteiger partial charge in [-0.25, -0.2) is 0 Å². The molecule has 0 spiro atoms. The first-order valence-corrected chi connectivity index (χ1v) is 7.13. The standard InChI is InChI=1S/C15H32/c1-6-13(4)9-11-15(8-3)12-10-14(5)7-2/h13-15H,6-12H2,1-5H3. The highest BCUT2D eigenvalue weighted by molar-refractivity contribution is 4.62. The van der Waals surface area contributed by atoms with Gasteiger partial charge in [-0.3, -0.25) is 0 Å². The van der Waals surface area contributed by atoms with E-state index in [9.17, 15) is 0 Å². The lowest BCUT2D eigenvalue weighted by Crippen LogP contribution is -2.05. The lowest BCUT2D eigenvalue weighted by Gasteiger charge is -2.18. The third kappa shape index (κ3) is 7.88. The van der Waals surface area contributed by atoms with Crippen LogP contribution in [0.25, 0.3) is 0 Å². The molecule has 0 heterocycles. The van der Waals surface area contributed by atoms with Gasteiger partial charge in [-0.2, -0.15) is 0 Å². The zero-order chi connectivity index (χ0) is 11.7. The zero-order valence-electron chi connectivity index (χ0n) is 11.7. The van der Waals surface area contributed by atoms with Crippen LogP contribution in [-0.2, 0) is 0 Å². The molecule has 0 saturated heterocycles. The van der Waals surface area contributed by atoms with Crippen LogP contribution < -0.4 is 0 Å². The predicted octanol–water partition coefficient (Wildman–Crippen LogP) is 5.67. The van der Waals surface area contributed by atoms with E-state index in [2.05, 4.69) is 34.6 Å². The summed E-state index contributed by atoms with van der Waals surface area (Å²) >= 11 is 0. The van der Waals surface area contributed by atoms with Crippen molar-refractivity contribution < 1.29 is 0 Å². The monoisotopic (exact) mass is 212 g/mol. The average molecular weight is 212 g/mol. The normalized spacial score (nSPS) is 17.4. The maximum Gasteiger partial charge on any atom is -0.0417 e. The Labute approximate surface area is 97.8 Å². The highest BCUT2D eigenvalue weighted by atomic mass is 14.2. The first-order valence-electron chi connectivity index (χ1n) is 7.13. The molecule has 0 aliphatic heterocycles.